The van der Waals surface area contributed by atoms with E-state index in [0.29, 0.717) is 0 Å². The van der Waals surface area contributed by atoms with Gasteiger partial charge in [0.2, 0.25) is 0 Å². The Morgan fingerprint density at radius 1 is 1.06 bits per heavy atom. The highest BCUT2D eigenvalue weighted by atomic mass is 32.1. The Labute approximate surface area is 113 Å². The van der Waals surface area contributed by atoms with Gasteiger partial charge in [-0.3, -0.25) is 4.90 Å². The summed E-state index contributed by atoms with van der Waals surface area (Å²) < 4.78 is 1.44. The molecule has 0 amide bonds. The minimum absolute atomic E-state index is 1.15. The highest BCUT2D eigenvalue weighted by Gasteiger charge is 2.11. The highest BCUT2D eigenvalue weighted by molar-refractivity contribution is 7.19. The lowest BCUT2D eigenvalue weighted by Crippen LogP contribution is -2.23. The molecule has 0 unspecified atom stereocenters. The molecule has 3 rings (SSSR count). The van der Waals surface area contributed by atoms with Crippen LogP contribution in [0.4, 0.5) is 0 Å². The fourth-order valence-electron chi connectivity index (χ4n) is 2.81. The summed E-state index contributed by atoms with van der Waals surface area (Å²) in [5, 5.41) is 1.42. The maximum Gasteiger partial charge on any atom is 0.0346 e. The van der Waals surface area contributed by atoms with Crippen molar-refractivity contribution in [1.82, 2.24) is 4.90 Å². The SMILES string of the molecule is Cc1ccc2sc(CN3CCCCCC3)cc2c1. The number of rotatable bonds is 2. The molecule has 1 aromatic carbocycles. The van der Waals surface area contributed by atoms with E-state index in [0.717, 1.165) is 6.54 Å². The molecule has 0 aliphatic carbocycles. The number of benzene rings is 1. The lowest BCUT2D eigenvalue weighted by atomic mass is 10.2. The topological polar surface area (TPSA) is 3.24 Å². The summed E-state index contributed by atoms with van der Waals surface area (Å²) in [5.41, 5.74) is 1.36. The van der Waals surface area contributed by atoms with Crippen molar-refractivity contribution in [2.45, 2.75) is 39.2 Å². The van der Waals surface area contributed by atoms with Gasteiger partial charge in [0.15, 0.2) is 0 Å². The van der Waals surface area contributed by atoms with E-state index in [1.54, 1.807) is 0 Å². The zero-order valence-corrected chi connectivity index (χ0v) is 11.9. The highest BCUT2D eigenvalue weighted by Crippen LogP contribution is 2.28. The molecular weight excluding hydrogens is 238 g/mol. The number of likely N-dealkylation sites (tertiary alicyclic amines) is 1. The molecule has 1 aliphatic rings. The van der Waals surface area contributed by atoms with Gasteiger partial charge in [-0.15, -0.1) is 11.3 Å². The molecule has 1 nitrogen and oxygen atoms in total. The molecule has 2 aromatic rings. The zero-order chi connectivity index (χ0) is 12.4. The van der Waals surface area contributed by atoms with E-state index in [-0.39, 0.29) is 0 Å². The summed E-state index contributed by atoms with van der Waals surface area (Å²) in [6.07, 6.45) is 5.60. The smallest absolute Gasteiger partial charge is 0.0346 e. The quantitative estimate of drug-likeness (QED) is 0.762. The Balaban J connectivity index is 1.77. The van der Waals surface area contributed by atoms with Crippen LogP contribution in [0, 0.1) is 6.92 Å². The summed E-state index contributed by atoms with van der Waals surface area (Å²) >= 11 is 1.96. The molecule has 18 heavy (non-hydrogen) atoms. The first-order chi connectivity index (χ1) is 8.81. The fraction of sp³-hybridized carbons (Fsp3) is 0.500. The predicted octanol–water partition coefficient (Wildman–Crippen LogP) is 4.59. The first-order valence-corrected chi connectivity index (χ1v) is 7.84. The van der Waals surface area contributed by atoms with Crippen LogP contribution in [0.5, 0.6) is 0 Å². The Morgan fingerprint density at radius 2 is 1.83 bits per heavy atom. The number of hydrogen-bond acceptors (Lipinski definition) is 2. The van der Waals surface area contributed by atoms with Gasteiger partial charge in [-0.25, -0.2) is 0 Å². The molecule has 96 valence electrons. The fourth-order valence-corrected chi connectivity index (χ4v) is 3.90. The van der Waals surface area contributed by atoms with E-state index < -0.39 is 0 Å². The van der Waals surface area contributed by atoms with Crippen LogP contribution in [0.2, 0.25) is 0 Å². The van der Waals surface area contributed by atoms with Crippen LogP contribution in [0.25, 0.3) is 10.1 Å². The van der Waals surface area contributed by atoms with Crippen molar-refractivity contribution in [3.05, 3.63) is 34.7 Å². The Kier molecular flexibility index (Phi) is 3.67. The molecule has 0 N–H and O–H groups in total. The van der Waals surface area contributed by atoms with Gasteiger partial charge < -0.3 is 0 Å². The average molecular weight is 259 g/mol. The molecular formula is C16H21NS. The number of hydrogen-bond donors (Lipinski definition) is 0. The minimum atomic E-state index is 1.15. The second kappa shape index (κ2) is 5.41. The van der Waals surface area contributed by atoms with Crippen LogP contribution < -0.4 is 0 Å². The second-order valence-corrected chi connectivity index (χ2v) is 6.61. The third-order valence-corrected chi connectivity index (χ3v) is 4.90. The van der Waals surface area contributed by atoms with E-state index in [9.17, 15) is 0 Å². The molecule has 0 radical (unpaired) electrons. The Bertz CT molecular complexity index is 521. The maximum atomic E-state index is 2.63. The van der Waals surface area contributed by atoms with Crippen molar-refractivity contribution in [2.75, 3.05) is 13.1 Å². The van der Waals surface area contributed by atoms with Crippen molar-refractivity contribution in [1.29, 1.82) is 0 Å². The van der Waals surface area contributed by atoms with Crippen LogP contribution in [-0.2, 0) is 6.54 Å². The van der Waals surface area contributed by atoms with Gasteiger partial charge >= 0.3 is 0 Å². The van der Waals surface area contributed by atoms with Crippen molar-refractivity contribution >= 4 is 21.4 Å². The largest absolute Gasteiger partial charge is 0.298 e. The molecule has 1 saturated heterocycles. The summed E-state index contributed by atoms with van der Waals surface area (Å²) in [4.78, 5) is 4.15. The third kappa shape index (κ3) is 2.76. The summed E-state index contributed by atoms with van der Waals surface area (Å²) in [7, 11) is 0. The lowest BCUT2D eigenvalue weighted by Gasteiger charge is -2.18. The normalized spacial score (nSPS) is 18.1. The first-order valence-electron chi connectivity index (χ1n) is 7.03. The van der Waals surface area contributed by atoms with Crippen LogP contribution in [-0.4, -0.2) is 18.0 Å². The number of thiophene rings is 1. The molecule has 0 spiro atoms. The van der Waals surface area contributed by atoms with E-state index in [1.807, 2.05) is 11.3 Å². The summed E-state index contributed by atoms with van der Waals surface area (Å²) in [6, 6.07) is 9.17. The van der Waals surface area contributed by atoms with E-state index in [4.69, 9.17) is 0 Å². The van der Waals surface area contributed by atoms with Gasteiger partial charge in [-0.2, -0.15) is 0 Å². The lowest BCUT2D eigenvalue weighted by molar-refractivity contribution is 0.279. The van der Waals surface area contributed by atoms with E-state index in [1.165, 1.54) is 59.3 Å². The van der Waals surface area contributed by atoms with Gasteiger partial charge in [-0.1, -0.05) is 30.5 Å². The molecule has 1 aromatic heterocycles. The molecule has 2 heteroatoms. The third-order valence-electron chi connectivity index (χ3n) is 3.80. The summed E-state index contributed by atoms with van der Waals surface area (Å²) in [6.45, 7) is 5.89. The van der Waals surface area contributed by atoms with Crippen molar-refractivity contribution in [3.8, 4) is 0 Å². The molecule has 0 bridgehead atoms. The monoisotopic (exact) mass is 259 g/mol. The molecule has 1 fully saturated rings. The minimum Gasteiger partial charge on any atom is -0.298 e. The molecule has 2 heterocycles. The average Bonchev–Trinajstić information content (AvgIpc) is 2.57. The van der Waals surface area contributed by atoms with Crippen molar-refractivity contribution in [3.63, 3.8) is 0 Å². The van der Waals surface area contributed by atoms with Gasteiger partial charge in [0.25, 0.3) is 0 Å². The zero-order valence-electron chi connectivity index (χ0n) is 11.1. The van der Waals surface area contributed by atoms with Gasteiger partial charge in [-0.05, 0) is 50.4 Å². The Hall–Kier alpha value is -0.860. The Morgan fingerprint density at radius 3 is 2.61 bits per heavy atom. The maximum absolute atomic E-state index is 2.63. The number of nitrogens with zero attached hydrogens (tertiary/aromatic N) is 1. The van der Waals surface area contributed by atoms with Gasteiger partial charge in [0, 0.05) is 16.1 Å². The van der Waals surface area contributed by atoms with Crippen LogP contribution in [0.1, 0.15) is 36.1 Å². The standard InChI is InChI=1S/C16H21NS/c1-13-6-7-16-14(10-13)11-15(18-16)12-17-8-4-2-3-5-9-17/h6-7,10-11H,2-5,8-9,12H2,1H3. The van der Waals surface area contributed by atoms with Crippen LogP contribution in [0.3, 0.4) is 0 Å². The van der Waals surface area contributed by atoms with Crippen LogP contribution >= 0.6 is 11.3 Å². The second-order valence-electron chi connectivity index (χ2n) is 5.44. The molecule has 0 atom stereocenters. The predicted molar refractivity (Wildman–Crippen MR) is 80.3 cm³/mol. The van der Waals surface area contributed by atoms with Crippen LogP contribution in [0.15, 0.2) is 24.3 Å². The molecule has 0 saturated carbocycles. The first kappa shape index (κ1) is 12.2. The van der Waals surface area contributed by atoms with Crippen molar-refractivity contribution in [2.24, 2.45) is 0 Å². The van der Waals surface area contributed by atoms with Gasteiger partial charge in [0.1, 0.15) is 0 Å². The number of fused-ring (bicyclic) bond motifs is 1. The van der Waals surface area contributed by atoms with Gasteiger partial charge in [0.05, 0.1) is 0 Å². The summed E-state index contributed by atoms with van der Waals surface area (Å²) in [5.74, 6) is 0. The van der Waals surface area contributed by atoms with E-state index >= 15 is 0 Å². The van der Waals surface area contributed by atoms with E-state index in [2.05, 4.69) is 36.1 Å². The molecule has 1 aliphatic heterocycles. The number of aryl methyl sites for hydroxylation is 1. The van der Waals surface area contributed by atoms with Crippen molar-refractivity contribution < 1.29 is 0 Å².